The highest BCUT2D eigenvalue weighted by molar-refractivity contribution is 9.10. The molecule has 0 aliphatic heterocycles. The highest BCUT2D eigenvalue weighted by Crippen LogP contribution is 2.22. The Morgan fingerprint density at radius 2 is 1.90 bits per heavy atom. The number of para-hydroxylation sites is 1. The van der Waals surface area contributed by atoms with Crippen molar-refractivity contribution in [3.63, 3.8) is 0 Å². The molecule has 0 spiro atoms. The van der Waals surface area contributed by atoms with E-state index in [1.807, 2.05) is 18.2 Å². The number of halogens is 3. The molecule has 21 heavy (non-hydrogen) atoms. The van der Waals surface area contributed by atoms with Crippen LogP contribution >= 0.6 is 27.7 Å². The molecule has 110 valence electrons. The first-order chi connectivity index (χ1) is 10.1. The minimum absolute atomic E-state index is 0.164. The van der Waals surface area contributed by atoms with E-state index >= 15 is 0 Å². The molecule has 2 aromatic rings. The Kier molecular flexibility index (Phi) is 5.76. The van der Waals surface area contributed by atoms with Gasteiger partial charge in [0.05, 0.1) is 11.4 Å². The molecule has 0 saturated heterocycles. The van der Waals surface area contributed by atoms with Crippen LogP contribution in [0.4, 0.5) is 14.5 Å². The average molecular weight is 372 g/mol. The molecule has 0 bridgehead atoms. The summed E-state index contributed by atoms with van der Waals surface area (Å²) in [6.07, 6.45) is 0. The highest BCUT2D eigenvalue weighted by atomic mass is 79.9. The van der Waals surface area contributed by atoms with E-state index in [0.29, 0.717) is 5.69 Å². The van der Waals surface area contributed by atoms with E-state index < -0.39 is 11.6 Å². The molecule has 2 rings (SSSR count). The summed E-state index contributed by atoms with van der Waals surface area (Å²) in [5.41, 5.74) is 0.939. The van der Waals surface area contributed by atoms with Crippen LogP contribution in [0.15, 0.2) is 46.9 Å². The Hall–Kier alpha value is -1.40. The van der Waals surface area contributed by atoms with E-state index in [0.717, 1.165) is 10.5 Å². The van der Waals surface area contributed by atoms with Crippen molar-refractivity contribution in [2.24, 2.45) is 0 Å². The van der Waals surface area contributed by atoms with Crippen molar-refractivity contribution in [2.45, 2.75) is 5.75 Å². The number of thioether (sulfide) groups is 1. The largest absolute Gasteiger partial charge is 0.324 e. The summed E-state index contributed by atoms with van der Waals surface area (Å²) in [6, 6.07) is 11.3. The second-order valence-electron chi connectivity index (χ2n) is 4.23. The van der Waals surface area contributed by atoms with Crippen molar-refractivity contribution in [3.8, 4) is 0 Å². The number of anilines is 1. The van der Waals surface area contributed by atoms with Gasteiger partial charge in [-0.05, 0) is 34.1 Å². The molecule has 0 atom stereocenters. The zero-order valence-electron chi connectivity index (χ0n) is 10.9. The lowest BCUT2D eigenvalue weighted by molar-refractivity contribution is -0.113. The third-order valence-electron chi connectivity index (χ3n) is 2.67. The van der Waals surface area contributed by atoms with Gasteiger partial charge in [0, 0.05) is 15.8 Å². The molecule has 2 nitrogen and oxygen atoms in total. The number of carbonyl (C=O) groups is 1. The third kappa shape index (κ3) is 4.54. The third-order valence-corrected chi connectivity index (χ3v) is 4.34. The normalized spacial score (nSPS) is 10.4. The molecule has 6 heteroatoms. The molecule has 0 aliphatic carbocycles. The number of amides is 1. The monoisotopic (exact) mass is 371 g/mol. The molecular weight excluding hydrogens is 360 g/mol. The van der Waals surface area contributed by atoms with Crippen LogP contribution in [-0.2, 0) is 10.5 Å². The number of rotatable bonds is 5. The van der Waals surface area contributed by atoms with Gasteiger partial charge in [-0.15, -0.1) is 11.8 Å². The van der Waals surface area contributed by atoms with Gasteiger partial charge in [0.25, 0.3) is 0 Å². The topological polar surface area (TPSA) is 29.1 Å². The van der Waals surface area contributed by atoms with E-state index in [-0.39, 0.29) is 23.0 Å². The maximum atomic E-state index is 13.4. The van der Waals surface area contributed by atoms with Crippen LogP contribution in [-0.4, -0.2) is 11.7 Å². The standard InChI is InChI=1S/C15H12BrF2NOS/c16-11-5-1-2-7-13(11)19-14(20)9-21-8-10-4-3-6-12(17)15(10)18/h1-7H,8-9H2,(H,19,20). The molecular formula is C15H12BrF2NOS. The minimum atomic E-state index is -0.870. The second kappa shape index (κ2) is 7.56. The van der Waals surface area contributed by atoms with Crippen LogP contribution in [0.3, 0.4) is 0 Å². The van der Waals surface area contributed by atoms with Gasteiger partial charge in [-0.3, -0.25) is 4.79 Å². The molecule has 0 saturated carbocycles. The Morgan fingerprint density at radius 3 is 2.67 bits per heavy atom. The van der Waals surface area contributed by atoms with Crippen LogP contribution < -0.4 is 5.32 Å². The van der Waals surface area contributed by atoms with Gasteiger partial charge in [-0.2, -0.15) is 0 Å². The SMILES string of the molecule is O=C(CSCc1cccc(F)c1F)Nc1ccccc1Br. The lowest BCUT2D eigenvalue weighted by Gasteiger charge is -2.07. The van der Waals surface area contributed by atoms with Crippen molar-refractivity contribution in [3.05, 3.63) is 64.1 Å². The highest BCUT2D eigenvalue weighted by Gasteiger charge is 2.09. The zero-order chi connectivity index (χ0) is 15.2. The number of hydrogen-bond donors (Lipinski definition) is 1. The first-order valence-corrected chi connectivity index (χ1v) is 8.07. The van der Waals surface area contributed by atoms with E-state index in [4.69, 9.17) is 0 Å². The van der Waals surface area contributed by atoms with E-state index in [1.54, 1.807) is 6.07 Å². The molecule has 1 N–H and O–H groups in total. The van der Waals surface area contributed by atoms with Crippen LogP contribution in [0.1, 0.15) is 5.56 Å². The number of benzene rings is 2. The Bertz CT molecular complexity index is 651. The Balaban J connectivity index is 1.85. The fourth-order valence-electron chi connectivity index (χ4n) is 1.66. The summed E-state index contributed by atoms with van der Waals surface area (Å²) in [5, 5.41) is 2.75. The summed E-state index contributed by atoms with van der Waals surface area (Å²) in [4.78, 5) is 11.8. The van der Waals surface area contributed by atoms with E-state index in [1.165, 1.54) is 23.9 Å². The van der Waals surface area contributed by atoms with Gasteiger partial charge in [-0.25, -0.2) is 8.78 Å². The average Bonchev–Trinajstić information content (AvgIpc) is 2.46. The van der Waals surface area contributed by atoms with Gasteiger partial charge in [0.2, 0.25) is 5.91 Å². The van der Waals surface area contributed by atoms with Crippen molar-refractivity contribution in [1.29, 1.82) is 0 Å². The predicted octanol–water partition coefficient (Wildman–Crippen LogP) is 4.60. The molecule has 0 heterocycles. The molecule has 0 aliphatic rings. The van der Waals surface area contributed by atoms with Gasteiger partial charge in [-0.1, -0.05) is 24.3 Å². The quantitative estimate of drug-likeness (QED) is 0.831. The summed E-state index contributed by atoms with van der Waals surface area (Å²) < 4.78 is 27.3. The summed E-state index contributed by atoms with van der Waals surface area (Å²) in [5.74, 6) is -1.50. The summed E-state index contributed by atoms with van der Waals surface area (Å²) in [6.45, 7) is 0. The molecule has 2 aromatic carbocycles. The van der Waals surface area contributed by atoms with Crippen molar-refractivity contribution in [2.75, 3.05) is 11.1 Å². The first-order valence-electron chi connectivity index (χ1n) is 6.13. The zero-order valence-corrected chi connectivity index (χ0v) is 13.3. The van der Waals surface area contributed by atoms with E-state index in [2.05, 4.69) is 21.2 Å². The van der Waals surface area contributed by atoms with Gasteiger partial charge < -0.3 is 5.32 Å². The summed E-state index contributed by atoms with van der Waals surface area (Å²) >= 11 is 4.56. The number of nitrogens with one attached hydrogen (secondary N) is 1. The lowest BCUT2D eigenvalue weighted by atomic mass is 10.2. The molecule has 0 unspecified atom stereocenters. The fraction of sp³-hybridized carbons (Fsp3) is 0.133. The van der Waals surface area contributed by atoms with Crippen molar-refractivity contribution >= 4 is 39.3 Å². The van der Waals surface area contributed by atoms with Crippen LogP contribution in [0.25, 0.3) is 0 Å². The Labute approximate surface area is 134 Å². The number of carbonyl (C=O) groups excluding carboxylic acids is 1. The minimum Gasteiger partial charge on any atom is -0.324 e. The van der Waals surface area contributed by atoms with Crippen LogP contribution in [0.5, 0.6) is 0 Å². The van der Waals surface area contributed by atoms with Crippen LogP contribution in [0, 0.1) is 11.6 Å². The molecule has 0 fully saturated rings. The molecule has 0 aromatic heterocycles. The predicted molar refractivity (Wildman–Crippen MR) is 85.3 cm³/mol. The fourth-order valence-corrected chi connectivity index (χ4v) is 2.85. The van der Waals surface area contributed by atoms with E-state index in [9.17, 15) is 13.6 Å². The smallest absolute Gasteiger partial charge is 0.234 e. The number of hydrogen-bond acceptors (Lipinski definition) is 2. The second-order valence-corrected chi connectivity index (χ2v) is 6.07. The maximum Gasteiger partial charge on any atom is 0.234 e. The van der Waals surface area contributed by atoms with Crippen LogP contribution in [0.2, 0.25) is 0 Å². The molecule has 0 radical (unpaired) electrons. The Morgan fingerprint density at radius 1 is 1.14 bits per heavy atom. The maximum absolute atomic E-state index is 13.4. The van der Waals surface area contributed by atoms with Crippen molar-refractivity contribution in [1.82, 2.24) is 0 Å². The molecule has 1 amide bonds. The van der Waals surface area contributed by atoms with Crippen molar-refractivity contribution < 1.29 is 13.6 Å². The first kappa shape index (κ1) is 16.0. The van der Waals surface area contributed by atoms with Gasteiger partial charge >= 0.3 is 0 Å². The summed E-state index contributed by atoms with van der Waals surface area (Å²) in [7, 11) is 0. The van der Waals surface area contributed by atoms with Gasteiger partial charge in [0.15, 0.2) is 11.6 Å². The lowest BCUT2D eigenvalue weighted by Crippen LogP contribution is -2.14. The van der Waals surface area contributed by atoms with Gasteiger partial charge in [0.1, 0.15) is 0 Å².